The minimum absolute atomic E-state index is 0.187. The number of rotatable bonds is 1. The third-order valence-electron chi connectivity index (χ3n) is 2.99. The fourth-order valence-corrected chi connectivity index (χ4v) is 2.17. The van der Waals surface area contributed by atoms with Crippen molar-refractivity contribution >= 4 is 0 Å². The molecule has 2 aliphatic rings. The number of ether oxygens (including phenoxy) is 2. The van der Waals surface area contributed by atoms with Gasteiger partial charge in [-0.15, -0.1) is 0 Å². The van der Waals surface area contributed by atoms with E-state index in [1.807, 2.05) is 0 Å². The van der Waals surface area contributed by atoms with Gasteiger partial charge in [-0.05, 0) is 24.6 Å². The van der Waals surface area contributed by atoms with Gasteiger partial charge >= 0.3 is 0 Å². The van der Waals surface area contributed by atoms with Crippen LogP contribution < -0.4 is 14.8 Å². The highest BCUT2D eigenvalue weighted by atomic mass is 19.1. The van der Waals surface area contributed by atoms with E-state index in [2.05, 4.69) is 5.32 Å². The minimum atomic E-state index is -0.187. The smallest absolute Gasteiger partial charge is 0.231 e. The van der Waals surface area contributed by atoms with Gasteiger partial charge in [0, 0.05) is 18.5 Å². The molecule has 1 N–H and O–H groups in total. The topological polar surface area (TPSA) is 30.5 Å². The number of benzene rings is 1. The van der Waals surface area contributed by atoms with Gasteiger partial charge < -0.3 is 14.8 Å². The molecule has 1 fully saturated rings. The molecule has 1 unspecified atom stereocenters. The molecule has 0 radical (unpaired) electrons. The molecule has 4 heteroatoms. The maximum atomic E-state index is 13.7. The van der Waals surface area contributed by atoms with Gasteiger partial charge in [-0.2, -0.15) is 0 Å². The van der Waals surface area contributed by atoms with Crippen molar-refractivity contribution in [1.82, 2.24) is 5.32 Å². The number of fused-ring (bicyclic) bond motifs is 1. The van der Waals surface area contributed by atoms with Crippen LogP contribution in [0.3, 0.4) is 0 Å². The molecule has 1 atom stereocenters. The Morgan fingerprint density at radius 2 is 2.07 bits per heavy atom. The van der Waals surface area contributed by atoms with E-state index < -0.39 is 0 Å². The summed E-state index contributed by atoms with van der Waals surface area (Å²) in [6, 6.07) is 3.20. The van der Waals surface area contributed by atoms with Crippen molar-refractivity contribution in [2.24, 2.45) is 0 Å². The highest BCUT2D eigenvalue weighted by Gasteiger charge is 2.24. The SMILES string of the molecule is Fc1cc2c(cc1C1CCNC1)OCO2. The zero-order valence-electron chi connectivity index (χ0n) is 8.25. The van der Waals surface area contributed by atoms with E-state index >= 15 is 0 Å². The van der Waals surface area contributed by atoms with Crippen molar-refractivity contribution in [1.29, 1.82) is 0 Å². The zero-order valence-corrected chi connectivity index (χ0v) is 8.25. The monoisotopic (exact) mass is 209 g/mol. The van der Waals surface area contributed by atoms with Gasteiger partial charge in [0.25, 0.3) is 0 Å². The second-order valence-electron chi connectivity index (χ2n) is 3.92. The minimum Gasteiger partial charge on any atom is -0.454 e. The van der Waals surface area contributed by atoms with Gasteiger partial charge in [-0.25, -0.2) is 4.39 Å². The first-order valence-corrected chi connectivity index (χ1v) is 5.14. The Bertz CT molecular complexity index is 388. The highest BCUT2D eigenvalue weighted by Crippen LogP contribution is 2.37. The second-order valence-corrected chi connectivity index (χ2v) is 3.92. The lowest BCUT2D eigenvalue weighted by molar-refractivity contribution is 0.174. The van der Waals surface area contributed by atoms with Crippen molar-refractivity contribution in [3.8, 4) is 11.5 Å². The van der Waals surface area contributed by atoms with Gasteiger partial charge in [-0.1, -0.05) is 0 Å². The Balaban J connectivity index is 2.00. The quantitative estimate of drug-likeness (QED) is 0.762. The highest BCUT2D eigenvalue weighted by molar-refractivity contribution is 5.46. The first-order valence-electron chi connectivity index (χ1n) is 5.14. The molecule has 80 valence electrons. The van der Waals surface area contributed by atoms with Crippen LogP contribution in [-0.4, -0.2) is 19.9 Å². The van der Waals surface area contributed by atoms with Gasteiger partial charge in [0.05, 0.1) is 0 Å². The van der Waals surface area contributed by atoms with E-state index in [1.54, 1.807) is 6.07 Å². The fraction of sp³-hybridized carbons (Fsp3) is 0.455. The summed E-state index contributed by atoms with van der Waals surface area (Å²) >= 11 is 0. The summed E-state index contributed by atoms with van der Waals surface area (Å²) in [6.07, 6.45) is 0.983. The van der Waals surface area contributed by atoms with Crippen LogP contribution >= 0.6 is 0 Å². The van der Waals surface area contributed by atoms with Crippen molar-refractivity contribution in [2.75, 3.05) is 19.9 Å². The predicted molar refractivity (Wildman–Crippen MR) is 52.8 cm³/mol. The van der Waals surface area contributed by atoms with Crippen LogP contribution in [-0.2, 0) is 0 Å². The molecule has 1 aromatic rings. The van der Waals surface area contributed by atoms with Crippen LogP contribution in [0.5, 0.6) is 11.5 Å². The molecule has 0 aliphatic carbocycles. The summed E-state index contributed by atoms with van der Waals surface area (Å²) in [5.41, 5.74) is 0.740. The fourth-order valence-electron chi connectivity index (χ4n) is 2.17. The molecule has 2 aliphatic heterocycles. The van der Waals surface area contributed by atoms with Crippen molar-refractivity contribution < 1.29 is 13.9 Å². The average molecular weight is 209 g/mol. The Labute approximate surface area is 87.2 Å². The lowest BCUT2D eigenvalue weighted by Gasteiger charge is -2.10. The number of hydrogen-bond donors (Lipinski definition) is 1. The molecule has 15 heavy (non-hydrogen) atoms. The molecule has 2 heterocycles. The van der Waals surface area contributed by atoms with E-state index in [1.165, 1.54) is 6.07 Å². The summed E-state index contributed by atoms with van der Waals surface area (Å²) in [5, 5.41) is 3.23. The first kappa shape index (κ1) is 8.97. The predicted octanol–water partition coefficient (Wildman–Crippen LogP) is 1.63. The zero-order chi connectivity index (χ0) is 10.3. The number of nitrogens with one attached hydrogen (secondary N) is 1. The van der Waals surface area contributed by atoms with Crippen LogP contribution in [0.1, 0.15) is 17.9 Å². The van der Waals surface area contributed by atoms with Crippen LogP contribution in [0.2, 0.25) is 0 Å². The Hall–Kier alpha value is -1.29. The molecule has 0 saturated carbocycles. The molecular weight excluding hydrogens is 197 g/mol. The summed E-state index contributed by atoms with van der Waals surface area (Å²) in [5.74, 6) is 1.26. The summed E-state index contributed by atoms with van der Waals surface area (Å²) < 4.78 is 24.1. The van der Waals surface area contributed by atoms with Crippen LogP contribution in [0, 0.1) is 5.82 Å². The molecule has 3 rings (SSSR count). The van der Waals surface area contributed by atoms with Crippen molar-refractivity contribution in [3.63, 3.8) is 0 Å². The van der Waals surface area contributed by atoms with Crippen LogP contribution in [0.25, 0.3) is 0 Å². The molecule has 0 spiro atoms. The lowest BCUT2D eigenvalue weighted by Crippen LogP contribution is -2.08. The summed E-state index contributed by atoms with van der Waals surface area (Å²) in [7, 11) is 0. The third kappa shape index (κ3) is 1.45. The Kier molecular flexibility index (Phi) is 2.02. The van der Waals surface area contributed by atoms with Gasteiger partial charge in [0.1, 0.15) is 5.82 Å². The van der Waals surface area contributed by atoms with Crippen LogP contribution in [0.15, 0.2) is 12.1 Å². The summed E-state index contributed by atoms with van der Waals surface area (Å²) in [6.45, 7) is 2.00. The largest absolute Gasteiger partial charge is 0.454 e. The maximum absolute atomic E-state index is 13.7. The number of hydrogen-bond acceptors (Lipinski definition) is 3. The molecule has 1 saturated heterocycles. The number of halogens is 1. The first-order chi connectivity index (χ1) is 7.34. The molecular formula is C11H12FNO2. The van der Waals surface area contributed by atoms with Gasteiger partial charge in [0.2, 0.25) is 6.79 Å². The molecule has 0 aromatic heterocycles. The third-order valence-corrected chi connectivity index (χ3v) is 2.99. The lowest BCUT2D eigenvalue weighted by atomic mass is 9.97. The molecule has 0 bridgehead atoms. The van der Waals surface area contributed by atoms with Crippen molar-refractivity contribution in [3.05, 3.63) is 23.5 Å². The average Bonchev–Trinajstić information content (AvgIpc) is 2.85. The van der Waals surface area contributed by atoms with Gasteiger partial charge in [-0.3, -0.25) is 0 Å². The molecule has 3 nitrogen and oxygen atoms in total. The van der Waals surface area contributed by atoms with E-state index in [0.29, 0.717) is 11.5 Å². The Morgan fingerprint density at radius 3 is 2.80 bits per heavy atom. The van der Waals surface area contributed by atoms with E-state index in [4.69, 9.17) is 9.47 Å². The van der Waals surface area contributed by atoms with Gasteiger partial charge in [0.15, 0.2) is 11.5 Å². The standard InChI is InChI=1S/C11H12FNO2/c12-9-4-11-10(14-6-15-11)3-8(9)7-1-2-13-5-7/h3-4,7,13H,1-2,5-6H2. The summed E-state index contributed by atoms with van der Waals surface area (Å²) in [4.78, 5) is 0. The molecule has 1 aromatic carbocycles. The van der Waals surface area contributed by atoms with Crippen molar-refractivity contribution in [2.45, 2.75) is 12.3 Å². The van der Waals surface area contributed by atoms with E-state index in [9.17, 15) is 4.39 Å². The second kappa shape index (κ2) is 3.38. The Morgan fingerprint density at radius 1 is 1.27 bits per heavy atom. The van der Waals surface area contributed by atoms with E-state index in [0.717, 1.165) is 25.1 Å². The van der Waals surface area contributed by atoms with E-state index in [-0.39, 0.29) is 18.5 Å². The molecule has 0 amide bonds. The van der Waals surface area contributed by atoms with Crippen LogP contribution in [0.4, 0.5) is 4.39 Å². The normalized spacial score (nSPS) is 23.4. The maximum Gasteiger partial charge on any atom is 0.231 e.